The second-order valence-electron chi connectivity index (χ2n) is 5.37. The summed E-state index contributed by atoms with van der Waals surface area (Å²) in [4.78, 5) is 11.0. The van der Waals surface area contributed by atoms with E-state index >= 15 is 0 Å². The first-order valence-corrected chi connectivity index (χ1v) is 8.55. The number of esters is 1. The first kappa shape index (κ1) is 18.7. The van der Waals surface area contributed by atoms with E-state index in [4.69, 9.17) is 0 Å². The minimum absolute atomic E-state index is 0.156. The van der Waals surface area contributed by atoms with Gasteiger partial charge in [0.15, 0.2) is 0 Å². The van der Waals surface area contributed by atoms with E-state index in [9.17, 15) is 26.4 Å². The van der Waals surface area contributed by atoms with Crippen LogP contribution in [0.3, 0.4) is 0 Å². The van der Waals surface area contributed by atoms with E-state index in [2.05, 4.69) is 10.1 Å². The lowest BCUT2D eigenvalue weighted by Gasteiger charge is -2.33. The predicted octanol–water partition coefficient (Wildman–Crippen LogP) is 1.47. The molecule has 2 rings (SSSR count). The van der Waals surface area contributed by atoms with Crippen LogP contribution in [0.1, 0.15) is 22.8 Å². The van der Waals surface area contributed by atoms with E-state index in [1.807, 2.05) is 0 Å². The Balaban J connectivity index is 2.53. The van der Waals surface area contributed by atoms with Crippen LogP contribution in [-0.4, -0.2) is 51.5 Å². The molecule has 10 heteroatoms. The van der Waals surface area contributed by atoms with Crippen molar-refractivity contribution in [3.63, 3.8) is 0 Å². The average Bonchev–Trinajstić information content (AvgIpc) is 2.53. The Labute approximate surface area is 137 Å². The van der Waals surface area contributed by atoms with Gasteiger partial charge in [0.05, 0.1) is 23.1 Å². The van der Waals surface area contributed by atoms with Crippen molar-refractivity contribution >= 4 is 16.0 Å². The number of hydrogen-bond donors (Lipinski definition) is 1. The molecule has 1 aromatic carbocycles. The van der Waals surface area contributed by atoms with E-state index in [-0.39, 0.29) is 6.54 Å². The monoisotopic (exact) mass is 366 g/mol. The van der Waals surface area contributed by atoms with Crippen molar-refractivity contribution in [1.82, 2.24) is 9.62 Å². The van der Waals surface area contributed by atoms with Crippen molar-refractivity contribution in [2.75, 3.05) is 26.7 Å². The first-order chi connectivity index (χ1) is 11.1. The summed E-state index contributed by atoms with van der Waals surface area (Å²) in [5, 5.41) is 3.01. The van der Waals surface area contributed by atoms with Crippen LogP contribution >= 0.6 is 0 Å². The van der Waals surface area contributed by atoms with Crippen LogP contribution in [-0.2, 0) is 20.9 Å². The number of sulfonamides is 1. The number of alkyl halides is 3. The normalized spacial score (nSPS) is 20.0. The molecule has 0 amide bonds. The fourth-order valence-electron chi connectivity index (χ4n) is 2.52. The van der Waals surface area contributed by atoms with Gasteiger partial charge in [-0.1, -0.05) is 0 Å². The van der Waals surface area contributed by atoms with Gasteiger partial charge in [-0.2, -0.15) is 17.5 Å². The average molecular weight is 366 g/mol. The molecule has 0 spiro atoms. The number of rotatable bonds is 3. The highest BCUT2D eigenvalue weighted by Crippen LogP contribution is 2.34. The number of piperazine rings is 1. The Morgan fingerprint density at radius 3 is 2.58 bits per heavy atom. The lowest BCUT2D eigenvalue weighted by molar-refractivity contribution is -0.138. The highest BCUT2D eigenvalue weighted by atomic mass is 32.2. The molecule has 1 fully saturated rings. The molecule has 134 valence electrons. The van der Waals surface area contributed by atoms with E-state index < -0.39 is 44.2 Å². The number of methoxy groups -OCH3 is 1. The summed E-state index contributed by atoms with van der Waals surface area (Å²) in [5.41, 5.74) is -2.06. The molecule has 1 aliphatic rings. The van der Waals surface area contributed by atoms with E-state index in [0.717, 1.165) is 23.5 Å². The maximum atomic E-state index is 13.2. The van der Waals surface area contributed by atoms with Crippen molar-refractivity contribution in [2.45, 2.75) is 24.0 Å². The first-order valence-electron chi connectivity index (χ1n) is 7.11. The second kappa shape index (κ2) is 6.69. The standard InChI is InChI=1S/C14H17F3N2O4S/c1-9-8-18-5-6-19(9)24(21,22)10-3-4-11(13(20)23-2)12(7-10)14(15,16)17/h3-4,7,9,18H,5-6,8H2,1-2H3/t9-/m0/s1. The third-order valence-electron chi connectivity index (χ3n) is 3.75. The maximum absolute atomic E-state index is 13.2. The molecule has 0 bridgehead atoms. The number of carbonyl (C=O) groups is 1. The largest absolute Gasteiger partial charge is 0.465 e. The molecule has 1 saturated heterocycles. The van der Waals surface area contributed by atoms with Gasteiger partial charge in [0.2, 0.25) is 10.0 Å². The molecule has 6 nitrogen and oxygen atoms in total. The number of carbonyl (C=O) groups excluding carboxylic acids is 1. The summed E-state index contributed by atoms with van der Waals surface area (Å²) >= 11 is 0. The quantitative estimate of drug-likeness (QED) is 0.820. The molecule has 0 saturated carbocycles. The zero-order valence-electron chi connectivity index (χ0n) is 13.1. The lowest BCUT2D eigenvalue weighted by Crippen LogP contribution is -2.52. The van der Waals surface area contributed by atoms with Crippen LogP contribution in [0.4, 0.5) is 13.2 Å². The summed E-state index contributed by atoms with van der Waals surface area (Å²) < 4.78 is 70.4. The summed E-state index contributed by atoms with van der Waals surface area (Å²) in [6.45, 7) is 2.64. The maximum Gasteiger partial charge on any atom is 0.417 e. The molecule has 1 aromatic rings. The molecule has 24 heavy (non-hydrogen) atoms. The molecule has 0 unspecified atom stereocenters. The molecule has 1 heterocycles. The third kappa shape index (κ3) is 3.55. The predicted molar refractivity (Wildman–Crippen MR) is 79.0 cm³/mol. The number of hydrogen-bond acceptors (Lipinski definition) is 5. The van der Waals surface area contributed by atoms with E-state index in [1.165, 1.54) is 0 Å². The second-order valence-corrected chi connectivity index (χ2v) is 7.26. The number of ether oxygens (including phenoxy) is 1. The van der Waals surface area contributed by atoms with Crippen LogP contribution in [0.15, 0.2) is 23.1 Å². The van der Waals surface area contributed by atoms with Crippen molar-refractivity contribution in [2.24, 2.45) is 0 Å². The van der Waals surface area contributed by atoms with Gasteiger partial charge in [-0.15, -0.1) is 0 Å². The summed E-state index contributed by atoms with van der Waals surface area (Å²) in [5.74, 6) is -1.18. The molecular formula is C14H17F3N2O4S. The van der Waals surface area contributed by atoms with Crippen molar-refractivity contribution in [1.29, 1.82) is 0 Å². The van der Waals surface area contributed by atoms with Gasteiger partial charge in [0.1, 0.15) is 0 Å². The smallest absolute Gasteiger partial charge is 0.417 e. The molecule has 0 aliphatic carbocycles. The summed E-state index contributed by atoms with van der Waals surface area (Å²) in [6, 6.07) is 1.91. The topological polar surface area (TPSA) is 75.7 Å². The number of nitrogens with zero attached hydrogens (tertiary/aromatic N) is 1. The molecule has 0 aromatic heterocycles. The van der Waals surface area contributed by atoms with Gasteiger partial charge in [-0.25, -0.2) is 13.2 Å². The fraction of sp³-hybridized carbons (Fsp3) is 0.500. The molecule has 1 N–H and O–H groups in total. The third-order valence-corrected chi connectivity index (χ3v) is 5.76. The number of nitrogens with one attached hydrogen (secondary N) is 1. The van der Waals surface area contributed by atoms with Gasteiger partial charge < -0.3 is 10.1 Å². The Bertz CT molecular complexity index is 734. The zero-order valence-corrected chi connectivity index (χ0v) is 13.9. The number of halogens is 3. The lowest BCUT2D eigenvalue weighted by atomic mass is 10.1. The van der Waals surface area contributed by atoms with Gasteiger partial charge in [0, 0.05) is 25.7 Å². The van der Waals surface area contributed by atoms with Crippen LogP contribution in [0, 0.1) is 0 Å². The van der Waals surface area contributed by atoms with Crippen LogP contribution in [0.2, 0.25) is 0 Å². The van der Waals surface area contributed by atoms with Gasteiger partial charge in [-0.05, 0) is 25.1 Å². The Kier molecular flexibility index (Phi) is 5.21. The van der Waals surface area contributed by atoms with E-state index in [1.54, 1.807) is 6.92 Å². The fourth-order valence-corrected chi connectivity index (χ4v) is 4.18. The van der Waals surface area contributed by atoms with Gasteiger partial charge >= 0.3 is 12.1 Å². The Hall–Kier alpha value is -1.65. The molecule has 1 atom stereocenters. The SMILES string of the molecule is COC(=O)c1ccc(S(=O)(=O)N2CCNC[C@@H]2C)cc1C(F)(F)F. The van der Waals surface area contributed by atoms with Gasteiger partial charge in [0.25, 0.3) is 0 Å². The highest BCUT2D eigenvalue weighted by molar-refractivity contribution is 7.89. The van der Waals surface area contributed by atoms with Crippen molar-refractivity contribution < 1.29 is 31.1 Å². The molecular weight excluding hydrogens is 349 g/mol. The molecule has 1 aliphatic heterocycles. The minimum Gasteiger partial charge on any atom is -0.465 e. The summed E-state index contributed by atoms with van der Waals surface area (Å²) in [6.07, 6.45) is -4.88. The minimum atomic E-state index is -4.88. The zero-order chi connectivity index (χ0) is 18.1. The van der Waals surface area contributed by atoms with Crippen LogP contribution in [0.25, 0.3) is 0 Å². The Morgan fingerprint density at radius 1 is 1.38 bits per heavy atom. The van der Waals surface area contributed by atoms with Gasteiger partial charge in [-0.3, -0.25) is 0 Å². The van der Waals surface area contributed by atoms with Crippen LogP contribution < -0.4 is 5.32 Å². The Morgan fingerprint density at radius 2 is 2.04 bits per heavy atom. The number of benzene rings is 1. The van der Waals surface area contributed by atoms with Crippen LogP contribution in [0.5, 0.6) is 0 Å². The molecule has 0 radical (unpaired) electrons. The highest BCUT2D eigenvalue weighted by Gasteiger charge is 2.38. The van der Waals surface area contributed by atoms with Crippen molar-refractivity contribution in [3.8, 4) is 0 Å². The summed E-state index contributed by atoms with van der Waals surface area (Å²) in [7, 11) is -3.15. The van der Waals surface area contributed by atoms with Crippen molar-refractivity contribution in [3.05, 3.63) is 29.3 Å². The van der Waals surface area contributed by atoms with E-state index in [0.29, 0.717) is 19.2 Å².